The van der Waals surface area contributed by atoms with Crippen molar-refractivity contribution in [3.05, 3.63) is 28.4 Å². The number of amides is 1. The largest absolute Gasteiger partial charge is 0.444 e. The zero-order valence-corrected chi connectivity index (χ0v) is 15.9. The number of nitrogens with zero attached hydrogens (tertiary/aromatic N) is 4. The smallest absolute Gasteiger partial charge is 0.410 e. The molecule has 1 aliphatic heterocycles. The Morgan fingerprint density at radius 1 is 1.12 bits per heavy atom. The molecule has 134 valence electrons. The van der Waals surface area contributed by atoms with E-state index in [1.54, 1.807) is 11.0 Å². The molecule has 0 bridgehead atoms. The Kier molecular flexibility index (Phi) is 4.93. The molecule has 0 unspecified atom stereocenters. The summed E-state index contributed by atoms with van der Waals surface area (Å²) >= 11 is 12.3. The SMILES string of the molecule is CC(C)(C)OC(=O)N1CCN(c2cc(Cl)c3ccc(Cl)nc3n2)CC1. The Bertz CT molecular complexity index is 799. The molecule has 0 saturated carbocycles. The summed E-state index contributed by atoms with van der Waals surface area (Å²) < 4.78 is 5.42. The highest BCUT2D eigenvalue weighted by molar-refractivity contribution is 6.35. The van der Waals surface area contributed by atoms with E-state index in [0.29, 0.717) is 42.0 Å². The lowest BCUT2D eigenvalue weighted by molar-refractivity contribution is 0.0240. The van der Waals surface area contributed by atoms with Crippen LogP contribution in [0.15, 0.2) is 18.2 Å². The van der Waals surface area contributed by atoms with Crippen LogP contribution in [0.5, 0.6) is 0 Å². The number of aromatic nitrogens is 2. The Hall–Kier alpha value is -1.79. The van der Waals surface area contributed by atoms with Gasteiger partial charge in [0, 0.05) is 37.6 Å². The average Bonchev–Trinajstić information content (AvgIpc) is 2.53. The number of rotatable bonds is 1. The van der Waals surface area contributed by atoms with Crippen molar-refractivity contribution in [2.45, 2.75) is 26.4 Å². The molecule has 0 radical (unpaired) electrons. The first-order valence-electron chi connectivity index (χ1n) is 8.08. The van der Waals surface area contributed by atoms with Gasteiger partial charge in [-0.15, -0.1) is 0 Å². The molecule has 1 fully saturated rings. The molecule has 0 atom stereocenters. The Balaban J connectivity index is 1.73. The highest BCUT2D eigenvalue weighted by Crippen LogP contribution is 2.27. The van der Waals surface area contributed by atoms with Gasteiger partial charge in [-0.2, -0.15) is 0 Å². The highest BCUT2D eigenvalue weighted by atomic mass is 35.5. The molecule has 1 amide bonds. The summed E-state index contributed by atoms with van der Waals surface area (Å²) in [7, 11) is 0. The fraction of sp³-hybridized carbons (Fsp3) is 0.471. The zero-order chi connectivity index (χ0) is 18.2. The van der Waals surface area contributed by atoms with E-state index in [4.69, 9.17) is 27.9 Å². The van der Waals surface area contributed by atoms with Crippen molar-refractivity contribution >= 4 is 46.1 Å². The third-order valence-electron chi connectivity index (χ3n) is 3.83. The van der Waals surface area contributed by atoms with Gasteiger partial charge in [-0.05, 0) is 32.9 Å². The summed E-state index contributed by atoms with van der Waals surface area (Å²) in [6.45, 7) is 8.01. The maximum absolute atomic E-state index is 12.1. The molecule has 0 N–H and O–H groups in total. The molecule has 25 heavy (non-hydrogen) atoms. The van der Waals surface area contributed by atoms with Gasteiger partial charge < -0.3 is 14.5 Å². The minimum Gasteiger partial charge on any atom is -0.444 e. The molecule has 0 spiro atoms. The molecule has 1 aliphatic rings. The van der Waals surface area contributed by atoms with Crippen LogP contribution in [0.1, 0.15) is 20.8 Å². The molecule has 2 aromatic heterocycles. The van der Waals surface area contributed by atoms with Crippen LogP contribution in [0.25, 0.3) is 11.0 Å². The normalized spacial score (nSPS) is 15.6. The van der Waals surface area contributed by atoms with E-state index in [9.17, 15) is 4.79 Å². The Morgan fingerprint density at radius 2 is 1.80 bits per heavy atom. The van der Waals surface area contributed by atoms with E-state index in [-0.39, 0.29) is 6.09 Å². The van der Waals surface area contributed by atoms with Gasteiger partial charge in [0.25, 0.3) is 0 Å². The average molecular weight is 383 g/mol. The minimum atomic E-state index is -0.493. The maximum Gasteiger partial charge on any atom is 0.410 e. The van der Waals surface area contributed by atoms with Gasteiger partial charge in [0.05, 0.1) is 5.02 Å². The lowest BCUT2D eigenvalue weighted by Crippen LogP contribution is -2.50. The number of ether oxygens (including phenoxy) is 1. The van der Waals surface area contributed by atoms with E-state index in [1.807, 2.05) is 32.9 Å². The molecule has 2 aromatic rings. The predicted molar refractivity (Wildman–Crippen MR) is 99.6 cm³/mol. The van der Waals surface area contributed by atoms with Crippen LogP contribution in [0, 0.1) is 0 Å². The molecular formula is C17H20Cl2N4O2. The summed E-state index contributed by atoms with van der Waals surface area (Å²) in [5, 5.41) is 1.73. The maximum atomic E-state index is 12.1. The number of piperazine rings is 1. The first kappa shape index (κ1) is 18.0. The molecule has 3 heterocycles. The monoisotopic (exact) mass is 382 g/mol. The summed E-state index contributed by atoms with van der Waals surface area (Å²) in [4.78, 5) is 24.7. The lowest BCUT2D eigenvalue weighted by atomic mass is 10.2. The first-order valence-corrected chi connectivity index (χ1v) is 8.84. The second-order valence-electron chi connectivity index (χ2n) is 6.92. The summed E-state index contributed by atoms with van der Waals surface area (Å²) in [5.41, 5.74) is 0.0247. The quantitative estimate of drug-likeness (QED) is 0.697. The van der Waals surface area contributed by atoms with Gasteiger partial charge in [-0.3, -0.25) is 0 Å². The summed E-state index contributed by atoms with van der Waals surface area (Å²) in [6.07, 6.45) is -0.287. The van der Waals surface area contributed by atoms with Gasteiger partial charge in [-0.25, -0.2) is 14.8 Å². The molecule has 1 saturated heterocycles. The standard InChI is InChI=1S/C17H20Cl2N4O2/c1-17(2,3)25-16(24)23-8-6-22(7-9-23)14-10-12(18)11-4-5-13(19)20-15(11)21-14/h4-5,10H,6-9H2,1-3H3. The topological polar surface area (TPSA) is 58.6 Å². The van der Waals surface area contributed by atoms with Crippen molar-refractivity contribution in [1.29, 1.82) is 0 Å². The van der Waals surface area contributed by atoms with Crippen LogP contribution >= 0.6 is 23.2 Å². The van der Waals surface area contributed by atoms with Gasteiger partial charge in [0.2, 0.25) is 0 Å². The van der Waals surface area contributed by atoms with Gasteiger partial charge >= 0.3 is 6.09 Å². The number of halogens is 2. The molecule has 0 aliphatic carbocycles. The fourth-order valence-electron chi connectivity index (χ4n) is 2.64. The fourth-order valence-corrected chi connectivity index (χ4v) is 3.02. The molecular weight excluding hydrogens is 363 g/mol. The predicted octanol–water partition coefficient (Wildman–Crippen LogP) is 3.99. The summed E-state index contributed by atoms with van der Waals surface area (Å²) in [5.74, 6) is 0.733. The van der Waals surface area contributed by atoms with Crippen LogP contribution in [0.3, 0.4) is 0 Å². The van der Waals surface area contributed by atoms with Crippen molar-refractivity contribution < 1.29 is 9.53 Å². The zero-order valence-electron chi connectivity index (χ0n) is 14.4. The number of hydrogen-bond donors (Lipinski definition) is 0. The third kappa shape index (κ3) is 4.25. The highest BCUT2D eigenvalue weighted by Gasteiger charge is 2.26. The number of pyridine rings is 2. The Morgan fingerprint density at radius 3 is 2.44 bits per heavy atom. The Labute approximate surface area is 156 Å². The van der Waals surface area contributed by atoms with E-state index >= 15 is 0 Å². The number of anilines is 1. The second kappa shape index (κ2) is 6.84. The molecule has 6 nitrogen and oxygen atoms in total. The van der Waals surface area contributed by atoms with Gasteiger partial charge in [0.15, 0.2) is 5.65 Å². The van der Waals surface area contributed by atoms with Crippen LogP contribution in [0.4, 0.5) is 10.6 Å². The lowest BCUT2D eigenvalue weighted by Gasteiger charge is -2.36. The van der Waals surface area contributed by atoms with Gasteiger partial charge in [-0.1, -0.05) is 23.2 Å². The molecule has 3 rings (SSSR count). The summed E-state index contributed by atoms with van der Waals surface area (Å²) in [6, 6.07) is 5.32. The van der Waals surface area contributed by atoms with Crippen molar-refractivity contribution in [2.75, 3.05) is 31.1 Å². The van der Waals surface area contributed by atoms with E-state index in [2.05, 4.69) is 14.9 Å². The van der Waals surface area contributed by atoms with Crippen molar-refractivity contribution in [1.82, 2.24) is 14.9 Å². The van der Waals surface area contributed by atoms with Crippen molar-refractivity contribution in [3.8, 4) is 0 Å². The van der Waals surface area contributed by atoms with Crippen LogP contribution < -0.4 is 4.90 Å². The van der Waals surface area contributed by atoms with Gasteiger partial charge in [0.1, 0.15) is 16.6 Å². The van der Waals surface area contributed by atoms with E-state index in [1.165, 1.54) is 0 Å². The van der Waals surface area contributed by atoms with Crippen LogP contribution in [-0.2, 0) is 4.74 Å². The molecule has 8 heteroatoms. The molecule has 0 aromatic carbocycles. The first-order chi connectivity index (χ1) is 11.7. The number of carbonyl (C=O) groups is 1. The number of hydrogen-bond acceptors (Lipinski definition) is 5. The minimum absolute atomic E-state index is 0.287. The van der Waals surface area contributed by atoms with E-state index in [0.717, 1.165) is 11.2 Å². The van der Waals surface area contributed by atoms with Crippen molar-refractivity contribution in [2.24, 2.45) is 0 Å². The second-order valence-corrected chi connectivity index (χ2v) is 7.72. The third-order valence-corrected chi connectivity index (χ3v) is 4.35. The van der Waals surface area contributed by atoms with Crippen LogP contribution in [-0.4, -0.2) is 52.7 Å². The number of fused-ring (bicyclic) bond motifs is 1. The van der Waals surface area contributed by atoms with Crippen molar-refractivity contribution in [3.63, 3.8) is 0 Å². The number of carbonyl (C=O) groups excluding carboxylic acids is 1. The van der Waals surface area contributed by atoms with Crippen LogP contribution in [0.2, 0.25) is 10.2 Å². The van der Waals surface area contributed by atoms with E-state index < -0.39 is 5.60 Å².